The summed E-state index contributed by atoms with van der Waals surface area (Å²) in [5, 5.41) is 3.24. The molecule has 4 heteroatoms. The SMILES string of the molecule is CN(C)c1nc(C2CCCC2N)cs1. The summed E-state index contributed by atoms with van der Waals surface area (Å²) < 4.78 is 0. The Balaban J connectivity index is 2.16. The number of hydrogen-bond acceptors (Lipinski definition) is 4. The Bertz CT molecular complexity index is 308. The van der Waals surface area contributed by atoms with Gasteiger partial charge >= 0.3 is 0 Å². The van der Waals surface area contributed by atoms with E-state index in [1.807, 2.05) is 14.1 Å². The standard InChI is InChI=1S/C10H17N3S/c1-13(2)10-12-9(6-14-10)7-4-3-5-8(7)11/h6-8H,3-5,11H2,1-2H3. The Labute approximate surface area is 88.9 Å². The van der Waals surface area contributed by atoms with Gasteiger partial charge in [-0.15, -0.1) is 11.3 Å². The fraction of sp³-hybridized carbons (Fsp3) is 0.700. The van der Waals surface area contributed by atoms with Crippen molar-refractivity contribution in [2.45, 2.75) is 31.2 Å². The van der Waals surface area contributed by atoms with Crippen LogP contribution in [0.2, 0.25) is 0 Å². The van der Waals surface area contributed by atoms with E-state index in [1.54, 1.807) is 11.3 Å². The molecule has 2 rings (SSSR count). The predicted octanol–water partition coefficient (Wildman–Crippen LogP) is 1.80. The topological polar surface area (TPSA) is 42.2 Å². The highest BCUT2D eigenvalue weighted by molar-refractivity contribution is 7.13. The first-order valence-corrected chi connectivity index (χ1v) is 5.95. The first-order valence-electron chi connectivity index (χ1n) is 5.07. The van der Waals surface area contributed by atoms with E-state index in [1.165, 1.54) is 18.5 Å². The minimum absolute atomic E-state index is 0.326. The molecule has 1 aromatic rings. The highest BCUT2D eigenvalue weighted by Crippen LogP contribution is 2.35. The van der Waals surface area contributed by atoms with Gasteiger partial charge in [-0.25, -0.2) is 4.98 Å². The first-order chi connectivity index (χ1) is 6.68. The second kappa shape index (κ2) is 3.87. The summed E-state index contributed by atoms with van der Waals surface area (Å²) in [6.07, 6.45) is 3.61. The van der Waals surface area contributed by atoms with Gasteiger partial charge in [-0.2, -0.15) is 0 Å². The van der Waals surface area contributed by atoms with Gasteiger partial charge in [-0.1, -0.05) is 6.42 Å². The second-order valence-electron chi connectivity index (χ2n) is 4.15. The lowest BCUT2D eigenvalue weighted by Gasteiger charge is -2.12. The molecule has 0 spiro atoms. The van der Waals surface area contributed by atoms with Crippen molar-refractivity contribution in [2.24, 2.45) is 5.73 Å². The third kappa shape index (κ3) is 1.77. The molecule has 3 nitrogen and oxygen atoms in total. The van der Waals surface area contributed by atoms with Crippen LogP contribution in [0.1, 0.15) is 30.9 Å². The molecule has 0 bridgehead atoms. The van der Waals surface area contributed by atoms with Crippen molar-refractivity contribution in [1.82, 2.24) is 4.98 Å². The van der Waals surface area contributed by atoms with Gasteiger partial charge in [0.15, 0.2) is 5.13 Å². The van der Waals surface area contributed by atoms with E-state index in [0.717, 1.165) is 11.6 Å². The van der Waals surface area contributed by atoms with E-state index in [4.69, 9.17) is 5.73 Å². The molecule has 78 valence electrons. The predicted molar refractivity (Wildman–Crippen MR) is 61.0 cm³/mol. The van der Waals surface area contributed by atoms with Gasteiger partial charge < -0.3 is 10.6 Å². The molecule has 1 aromatic heterocycles. The molecule has 2 unspecified atom stereocenters. The van der Waals surface area contributed by atoms with E-state index in [0.29, 0.717) is 12.0 Å². The highest BCUT2D eigenvalue weighted by atomic mass is 32.1. The van der Waals surface area contributed by atoms with E-state index in [2.05, 4.69) is 15.3 Å². The zero-order chi connectivity index (χ0) is 10.1. The molecule has 0 radical (unpaired) electrons. The van der Waals surface area contributed by atoms with Crippen molar-refractivity contribution in [2.75, 3.05) is 19.0 Å². The summed E-state index contributed by atoms with van der Waals surface area (Å²) in [6, 6.07) is 0.326. The molecule has 0 amide bonds. The van der Waals surface area contributed by atoms with Crippen LogP contribution in [0, 0.1) is 0 Å². The average Bonchev–Trinajstić information content (AvgIpc) is 2.71. The number of rotatable bonds is 2. The monoisotopic (exact) mass is 211 g/mol. The number of aromatic nitrogens is 1. The number of hydrogen-bond donors (Lipinski definition) is 1. The Hall–Kier alpha value is -0.610. The number of thiazole rings is 1. The molecular weight excluding hydrogens is 194 g/mol. The number of nitrogens with two attached hydrogens (primary N) is 1. The van der Waals surface area contributed by atoms with Gasteiger partial charge in [-0.05, 0) is 12.8 Å². The maximum absolute atomic E-state index is 6.05. The van der Waals surface area contributed by atoms with Crippen LogP contribution in [0.5, 0.6) is 0 Å². The highest BCUT2D eigenvalue weighted by Gasteiger charge is 2.27. The molecule has 1 fully saturated rings. The third-order valence-corrected chi connectivity index (χ3v) is 3.87. The van der Waals surface area contributed by atoms with Crippen LogP contribution in [0.25, 0.3) is 0 Å². The molecule has 1 heterocycles. The maximum atomic E-state index is 6.05. The van der Waals surface area contributed by atoms with Crippen LogP contribution in [0.15, 0.2) is 5.38 Å². The van der Waals surface area contributed by atoms with E-state index >= 15 is 0 Å². The van der Waals surface area contributed by atoms with Gasteiger partial charge in [0.25, 0.3) is 0 Å². The molecule has 14 heavy (non-hydrogen) atoms. The molecule has 2 atom stereocenters. The molecular formula is C10H17N3S. The fourth-order valence-corrected chi connectivity index (χ4v) is 2.83. The summed E-state index contributed by atoms with van der Waals surface area (Å²) in [5.74, 6) is 0.500. The normalized spacial score (nSPS) is 26.8. The summed E-state index contributed by atoms with van der Waals surface area (Å²) in [7, 11) is 4.05. The lowest BCUT2D eigenvalue weighted by Crippen LogP contribution is -2.23. The molecule has 0 saturated heterocycles. The number of nitrogens with zero attached hydrogens (tertiary/aromatic N) is 2. The van der Waals surface area contributed by atoms with Crippen LogP contribution in [-0.2, 0) is 0 Å². The van der Waals surface area contributed by atoms with Crippen LogP contribution >= 0.6 is 11.3 Å². The van der Waals surface area contributed by atoms with Crippen molar-refractivity contribution in [3.63, 3.8) is 0 Å². The van der Waals surface area contributed by atoms with E-state index in [-0.39, 0.29) is 0 Å². The summed E-state index contributed by atoms with van der Waals surface area (Å²) >= 11 is 1.71. The third-order valence-electron chi connectivity index (χ3n) is 2.84. The van der Waals surface area contributed by atoms with Crippen molar-refractivity contribution in [3.8, 4) is 0 Å². The Morgan fingerprint density at radius 3 is 2.79 bits per heavy atom. The molecule has 2 N–H and O–H groups in total. The maximum Gasteiger partial charge on any atom is 0.184 e. The largest absolute Gasteiger partial charge is 0.354 e. The zero-order valence-electron chi connectivity index (χ0n) is 8.73. The van der Waals surface area contributed by atoms with Crippen LogP contribution in [0.4, 0.5) is 5.13 Å². The summed E-state index contributed by atoms with van der Waals surface area (Å²) in [6.45, 7) is 0. The van der Waals surface area contributed by atoms with Crippen molar-refractivity contribution >= 4 is 16.5 Å². The second-order valence-corrected chi connectivity index (χ2v) is 4.99. The van der Waals surface area contributed by atoms with Crippen LogP contribution in [-0.4, -0.2) is 25.1 Å². The molecule has 0 aliphatic heterocycles. The van der Waals surface area contributed by atoms with Gasteiger partial charge in [0, 0.05) is 31.4 Å². The van der Waals surface area contributed by atoms with Crippen LogP contribution < -0.4 is 10.6 Å². The Kier molecular flexibility index (Phi) is 2.74. The smallest absolute Gasteiger partial charge is 0.184 e. The Morgan fingerprint density at radius 2 is 2.29 bits per heavy atom. The minimum Gasteiger partial charge on any atom is -0.354 e. The number of anilines is 1. The summed E-state index contributed by atoms with van der Waals surface area (Å²) in [4.78, 5) is 6.66. The fourth-order valence-electron chi connectivity index (χ4n) is 2.01. The molecule has 1 aliphatic rings. The van der Waals surface area contributed by atoms with E-state index < -0.39 is 0 Å². The zero-order valence-corrected chi connectivity index (χ0v) is 9.55. The molecule has 0 aromatic carbocycles. The van der Waals surface area contributed by atoms with Gasteiger partial charge in [0.2, 0.25) is 0 Å². The first kappa shape index (κ1) is 9.93. The molecule has 1 aliphatic carbocycles. The quantitative estimate of drug-likeness (QED) is 0.811. The van der Waals surface area contributed by atoms with E-state index in [9.17, 15) is 0 Å². The van der Waals surface area contributed by atoms with Crippen LogP contribution in [0.3, 0.4) is 0 Å². The van der Waals surface area contributed by atoms with Gasteiger partial charge in [0.1, 0.15) is 0 Å². The lowest BCUT2D eigenvalue weighted by molar-refractivity contribution is 0.601. The van der Waals surface area contributed by atoms with Crippen molar-refractivity contribution in [3.05, 3.63) is 11.1 Å². The summed E-state index contributed by atoms with van der Waals surface area (Å²) in [5.41, 5.74) is 7.25. The van der Waals surface area contributed by atoms with Crippen molar-refractivity contribution in [1.29, 1.82) is 0 Å². The average molecular weight is 211 g/mol. The van der Waals surface area contributed by atoms with Gasteiger partial charge in [0.05, 0.1) is 5.69 Å². The molecule has 1 saturated carbocycles. The Morgan fingerprint density at radius 1 is 1.50 bits per heavy atom. The van der Waals surface area contributed by atoms with Crippen molar-refractivity contribution < 1.29 is 0 Å². The lowest BCUT2D eigenvalue weighted by atomic mass is 10.0. The van der Waals surface area contributed by atoms with Gasteiger partial charge in [-0.3, -0.25) is 0 Å². The minimum atomic E-state index is 0.326.